The Morgan fingerprint density at radius 1 is 1.39 bits per heavy atom. The molecule has 1 atom stereocenters. The first-order valence-corrected chi connectivity index (χ1v) is 6.76. The fourth-order valence-electron chi connectivity index (χ4n) is 2.18. The summed E-state index contributed by atoms with van der Waals surface area (Å²) < 4.78 is 1.95. The fourth-order valence-corrected chi connectivity index (χ4v) is 2.18. The van der Waals surface area contributed by atoms with Gasteiger partial charge in [-0.1, -0.05) is 13.8 Å². The SMILES string of the molecule is CC(C)CC(C)(O)CNCc1cnn(C(C)C)c1. The number of hydrogen-bond donors (Lipinski definition) is 2. The summed E-state index contributed by atoms with van der Waals surface area (Å²) >= 11 is 0. The maximum absolute atomic E-state index is 10.2. The van der Waals surface area contributed by atoms with Crippen LogP contribution < -0.4 is 5.32 Å². The van der Waals surface area contributed by atoms with Gasteiger partial charge in [-0.05, 0) is 33.1 Å². The first-order valence-electron chi connectivity index (χ1n) is 6.76. The summed E-state index contributed by atoms with van der Waals surface area (Å²) in [5.41, 5.74) is 0.520. The van der Waals surface area contributed by atoms with Gasteiger partial charge in [-0.15, -0.1) is 0 Å². The maximum atomic E-state index is 10.2. The Hall–Kier alpha value is -0.870. The monoisotopic (exact) mass is 253 g/mol. The first-order chi connectivity index (χ1) is 8.30. The topological polar surface area (TPSA) is 50.1 Å². The van der Waals surface area contributed by atoms with E-state index < -0.39 is 5.60 Å². The van der Waals surface area contributed by atoms with Gasteiger partial charge in [-0.2, -0.15) is 5.10 Å². The molecule has 0 aliphatic heterocycles. The van der Waals surface area contributed by atoms with Crippen LogP contribution in [0.1, 0.15) is 52.6 Å². The average Bonchev–Trinajstić information content (AvgIpc) is 2.63. The largest absolute Gasteiger partial charge is 0.389 e. The summed E-state index contributed by atoms with van der Waals surface area (Å²) in [6.45, 7) is 11.7. The minimum atomic E-state index is -0.637. The summed E-state index contributed by atoms with van der Waals surface area (Å²) in [6, 6.07) is 0.391. The quantitative estimate of drug-likeness (QED) is 0.784. The fraction of sp³-hybridized carbons (Fsp3) is 0.786. The van der Waals surface area contributed by atoms with Gasteiger partial charge in [0.2, 0.25) is 0 Å². The highest BCUT2D eigenvalue weighted by Crippen LogP contribution is 2.15. The van der Waals surface area contributed by atoms with Crippen molar-refractivity contribution in [3.05, 3.63) is 18.0 Å². The molecule has 0 aromatic carbocycles. The van der Waals surface area contributed by atoms with E-state index in [0.717, 1.165) is 18.5 Å². The van der Waals surface area contributed by atoms with Crippen LogP contribution in [-0.4, -0.2) is 27.0 Å². The van der Waals surface area contributed by atoms with E-state index in [9.17, 15) is 5.11 Å². The Morgan fingerprint density at radius 3 is 2.56 bits per heavy atom. The zero-order chi connectivity index (χ0) is 13.8. The van der Waals surface area contributed by atoms with Crippen LogP contribution in [0, 0.1) is 5.92 Å². The van der Waals surface area contributed by atoms with Crippen molar-refractivity contribution in [2.75, 3.05) is 6.54 Å². The number of nitrogens with one attached hydrogen (secondary N) is 1. The molecule has 0 aliphatic rings. The Balaban J connectivity index is 2.36. The molecule has 0 amide bonds. The molecule has 4 nitrogen and oxygen atoms in total. The highest BCUT2D eigenvalue weighted by atomic mass is 16.3. The molecule has 1 unspecified atom stereocenters. The standard InChI is InChI=1S/C14H27N3O/c1-11(2)6-14(5,18)10-15-7-13-8-16-17(9-13)12(3)4/h8-9,11-12,15,18H,6-7,10H2,1-5H3. The Morgan fingerprint density at radius 2 is 2.06 bits per heavy atom. The van der Waals surface area contributed by atoms with Crippen LogP contribution in [0.3, 0.4) is 0 Å². The second kappa shape index (κ2) is 6.34. The third kappa shape index (κ3) is 5.19. The summed E-state index contributed by atoms with van der Waals surface area (Å²) in [4.78, 5) is 0. The molecule has 18 heavy (non-hydrogen) atoms. The first kappa shape index (κ1) is 15.2. The minimum absolute atomic E-state index is 0.391. The zero-order valence-electron chi connectivity index (χ0n) is 12.3. The summed E-state index contributed by atoms with van der Waals surface area (Å²) in [6.07, 6.45) is 4.74. The summed E-state index contributed by atoms with van der Waals surface area (Å²) in [5, 5.41) is 17.8. The van der Waals surface area contributed by atoms with E-state index >= 15 is 0 Å². The third-order valence-electron chi connectivity index (χ3n) is 2.87. The molecule has 0 saturated carbocycles. The highest BCUT2D eigenvalue weighted by Gasteiger charge is 2.21. The van der Waals surface area contributed by atoms with Crippen molar-refractivity contribution in [3.8, 4) is 0 Å². The minimum Gasteiger partial charge on any atom is -0.389 e. The highest BCUT2D eigenvalue weighted by molar-refractivity contribution is 5.04. The predicted molar refractivity (Wildman–Crippen MR) is 74.4 cm³/mol. The van der Waals surface area contributed by atoms with Gasteiger partial charge in [-0.3, -0.25) is 4.68 Å². The number of aromatic nitrogens is 2. The molecule has 1 heterocycles. The third-order valence-corrected chi connectivity index (χ3v) is 2.87. The van der Waals surface area contributed by atoms with E-state index in [1.165, 1.54) is 0 Å². The lowest BCUT2D eigenvalue weighted by Crippen LogP contribution is -2.38. The maximum Gasteiger partial charge on any atom is 0.0746 e. The van der Waals surface area contributed by atoms with Gasteiger partial charge in [0.1, 0.15) is 0 Å². The molecule has 0 radical (unpaired) electrons. The molecule has 0 bridgehead atoms. The number of aliphatic hydroxyl groups is 1. The van der Waals surface area contributed by atoms with Gasteiger partial charge < -0.3 is 10.4 Å². The lowest BCUT2D eigenvalue weighted by Gasteiger charge is -2.25. The normalized spacial score (nSPS) is 15.3. The zero-order valence-corrected chi connectivity index (χ0v) is 12.3. The van der Waals surface area contributed by atoms with Crippen molar-refractivity contribution in [2.45, 2.75) is 59.2 Å². The number of hydrogen-bond acceptors (Lipinski definition) is 3. The van der Waals surface area contributed by atoms with Gasteiger partial charge in [0.05, 0.1) is 11.8 Å². The molecule has 104 valence electrons. The van der Waals surface area contributed by atoms with Crippen LogP contribution in [0.25, 0.3) is 0 Å². The van der Waals surface area contributed by atoms with Crippen LogP contribution in [0.5, 0.6) is 0 Å². The van der Waals surface area contributed by atoms with Crippen LogP contribution in [-0.2, 0) is 6.54 Å². The van der Waals surface area contributed by atoms with Crippen molar-refractivity contribution in [1.82, 2.24) is 15.1 Å². The van der Waals surface area contributed by atoms with Crippen LogP contribution in [0.2, 0.25) is 0 Å². The van der Waals surface area contributed by atoms with Crippen LogP contribution in [0.15, 0.2) is 12.4 Å². The molecule has 4 heteroatoms. The Kier molecular flexibility index (Phi) is 5.35. The van der Waals surface area contributed by atoms with Gasteiger partial charge in [0.15, 0.2) is 0 Å². The van der Waals surface area contributed by atoms with Gasteiger partial charge in [-0.25, -0.2) is 0 Å². The van der Waals surface area contributed by atoms with Crippen molar-refractivity contribution in [2.24, 2.45) is 5.92 Å². The average molecular weight is 253 g/mol. The second-order valence-electron chi connectivity index (χ2n) is 6.12. The molecule has 2 N–H and O–H groups in total. The van der Waals surface area contributed by atoms with Crippen molar-refractivity contribution in [1.29, 1.82) is 0 Å². The van der Waals surface area contributed by atoms with Crippen molar-refractivity contribution >= 4 is 0 Å². The van der Waals surface area contributed by atoms with E-state index in [2.05, 4.69) is 44.3 Å². The smallest absolute Gasteiger partial charge is 0.0746 e. The van der Waals surface area contributed by atoms with Crippen LogP contribution >= 0.6 is 0 Å². The van der Waals surface area contributed by atoms with E-state index in [1.807, 2.05) is 17.8 Å². The lowest BCUT2D eigenvalue weighted by atomic mass is 9.94. The molecule has 1 rings (SSSR count). The van der Waals surface area contributed by atoms with E-state index in [0.29, 0.717) is 18.5 Å². The molecule has 0 aliphatic carbocycles. The van der Waals surface area contributed by atoms with Gasteiger partial charge in [0, 0.05) is 30.9 Å². The number of nitrogens with zero attached hydrogens (tertiary/aromatic N) is 2. The Bertz CT molecular complexity index is 356. The predicted octanol–water partition coefficient (Wildman–Crippen LogP) is 2.35. The molecule has 0 spiro atoms. The molecule has 1 aromatic rings. The van der Waals surface area contributed by atoms with Crippen molar-refractivity contribution in [3.63, 3.8) is 0 Å². The molecular weight excluding hydrogens is 226 g/mol. The van der Waals surface area contributed by atoms with Gasteiger partial charge >= 0.3 is 0 Å². The number of rotatable bonds is 7. The molecule has 1 aromatic heterocycles. The van der Waals surface area contributed by atoms with Crippen LogP contribution in [0.4, 0.5) is 0 Å². The van der Waals surface area contributed by atoms with Gasteiger partial charge in [0.25, 0.3) is 0 Å². The molecular formula is C14H27N3O. The van der Waals surface area contributed by atoms with E-state index in [1.54, 1.807) is 0 Å². The second-order valence-corrected chi connectivity index (χ2v) is 6.12. The summed E-state index contributed by atoms with van der Waals surface area (Å²) in [7, 11) is 0. The Labute approximate surface area is 110 Å². The van der Waals surface area contributed by atoms with Crippen molar-refractivity contribution < 1.29 is 5.11 Å². The summed E-state index contributed by atoms with van der Waals surface area (Å²) in [5.74, 6) is 0.505. The lowest BCUT2D eigenvalue weighted by molar-refractivity contribution is 0.0383. The van der Waals surface area contributed by atoms with E-state index in [-0.39, 0.29) is 0 Å². The molecule has 0 fully saturated rings. The molecule has 0 saturated heterocycles. The van der Waals surface area contributed by atoms with E-state index in [4.69, 9.17) is 0 Å².